The third kappa shape index (κ3) is 2.18. The topological polar surface area (TPSA) is 52.6 Å². The lowest BCUT2D eigenvalue weighted by atomic mass is 9.80. The third-order valence-corrected chi connectivity index (χ3v) is 4.62. The van der Waals surface area contributed by atoms with Gasteiger partial charge in [0, 0.05) is 30.0 Å². The SMILES string of the molecule is CC(C)(C)C1CCN(c2ccc3c(c2)NC(=O)C3O)C1. The molecule has 2 aliphatic rings. The average molecular weight is 274 g/mol. The lowest BCUT2D eigenvalue weighted by molar-refractivity contribution is -0.123. The van der Waals surface area contributed by atoms with Crippen LogP contribution in [0.2, 0.25) is 0 Å². The van der Waals surface area contributed by atoms with Gasteiger partial charge in [-0.2, -0.15) is 0 Å². The molecule has 20 heavy (non-hydrogen) atoms. The van der Waals surface area contributed by atoms with Gasteiger partial charge in [-0.05, 0) is 29.9 Å². The molecule has 0 aliphatic carbocycles. The molecule has 2 heterocycles. The minimum absolute atomic E-state index is 0.328. The van der Waals surface area contributed by atoms with Crippen molar-refractivity contribution in [3.8, 4) is 0 Å². The van der Waals surface area contributed by atoms with E-state index in [-0.39, 0.29) is 5.91 Å². The Bertz CT molecular complexity index is 548. The van der Waals surface area contributed by atoms with Crippen molar-refractivity contribution in [2.24, 2.45) is 11.3 Å². The molecule has 4 heteroatoms. The molecule has 4 nitrogen and oxygen atoms in total. The summed E-state index contributed by atoms with van der Waals surface area (Å²) in [5.74, 6) is 0.363. The van der Waals surface area contributed by atoms with Gasteiger partial charge in [0.05, 0.1) is 0 Å². The molecular formula is C16H22N2O2. The van der Waals surface area contributed by atoms with Crippen LogP contribution in [-0.4, -0.2) is 24.1 Å². The van der Waals surface area contributed by atoms with Gasteiger partial charge in [-0.25, -0.2) is 0 Å². The molecule has 0 saturated carbocycles. The number of anilines is 2. The smallest absolute Gasteiger partial charge is 0.257 e. The molecule has 3 rings (SSSR count). The summed E-state index contributed by atoms with van der Waals surface area (Å²) < 4.78 is 0. The number of fused-ring (bicyclic) bond motifs is 1. The van der Waals surface area contributed by atoms with Gasteiger partial charge >= 0.3 is 0 Å². The van der Waals surface area contributed by atoms with Crippen molar-refractivity contribution in [3.05, 3.63) is 23.8 Å². The van der Waals surface area contributed by atoms with Crippen molar-refractivity contribution in [1.82, 2.24) is 0 Å². The molecule has 1 aromatic carbocycles. The summed E-state index contributed by atoms with van der Waals surface area (Å²) in [6, 6.07) is 5.85. The predicted molar refractivity (Wildman–Crippen MR) is 79.8 cm³/mol. The Morgan fingerprint density at radius 1 is 1.35 bits per heavy atom. The van der Waals surface area contributed by atoms with Gasteiger partial charge in [-0.3, -0.25) is 4.79 Å². The molecule has 0 radical (unpaired) electrons. The molecule has 0 bridgehead atoms. The normalized spacial score (nSPS) is 25.8. The van der Waals surface area contributed by atoms with Crippen molar-refractivity contribution < 1.29 is 9.90 Å². The molecule has 1 amide bonds. The van der Waals surface area contributed by atoms with Gasteiger partial charge in [-0.1, -0.05) is 26.8 Å². The van der Waals surface area contributed by atoms with Crippen LogP contribution in [-0.2, 0) is 4.79 Å². The predicted octanol–water partition coefficient (Wildman–Crippen LogP) is 2.54. The van der Waals surface area contributed by atoms with Crippen molar-refractivity contribution >= 4 is 17.3 Å². The Labute approximate surface area is 119 Å². The van der Waals surface area contributed by atoms with E-state index in [0.717, 1.165) is 24.5 Å². The van der Waals surface area contributed by atoms with E-state index < -0.39 is 6.10 Å². The number of amides is 1. The lowest BCUT2D eigenvalue weighted by Gasteiger charge is -2.27. The van der Waals surface area contributed by atoms with Crippen LogP contribution in [0.3, 0.4) is 0 Å². The van der Waals surface area contributed by atoms with Crippen molar-refractivity contribution in [2.75, 3.05) is 23.3 Å². The number of benzene rings is 1. The summed E-state index contributed by atoms with van der Waals surface area (Å²) in [6.07, 6.45) is 0.190. The van der Waals surface area contributed by atoms with Gasteiger partial charge in [0.15, 0.2) is 6.10 Å². The number of nitrogens with zero attached hydrogens (tertiary/aromatic N) is 1. The van der Waals surface area contributed by atoms with Crippen molar-refractivity contribution in [2.45, 2.75) is 33.3 Å². The lowest BCUT2D eigenvalue weighted by Crippen LogP contribution is -2.25. The summed E-state index contributed by atoms with van der Waals surface area (Å²) in [7, 11) is 0. The van der Waals surface area contributed by atoms with E-state index in [4.69, 9.17) is 0 Å². The molecule has 2 atom stereocenters. The van der Waals surface area contributed by atoms with Gasteiger partial charge in [0.2, 0.25) is 0 Å². The first kappa shape index (κ1) is 13.4. The largest absolute Gasteiger partial charge is 0.378 e. The average Bonchev–Trinajstić information content (AvgIpc) is 2.95. The summed E-state index contributed by atoms with van der Waals surface area (Å²) in [5.41, 5.74) is 2.89. The highest BCUT2D eigenvalue weighted by atomic mass is 16.3. The van der Waals surface area contributed by atoms with Crippen molar-refractivity contribution in [1.29, 1.82) is 0 Å². The first-order valence-corrected chi connectivity index (χ1v) is 7.24. The number of hydrogen-bond donors (Lipinski definition) is 2. The fraction of sp³-hybridized carbons (Fsp3) is 0.562. The number of carbonyl (C=O) groups excluding carboxylic acids is 1. The number of hydrogen-bond acceptors (Lipinski definition) is 3. The number of rotatable bonds is 1. The van der Waals surface area contributed by atoms with E-state index in [2.05, 4.69) is 31.0 Å². The Kier molecular flexibility index (Phi) is 3.01. The van der Waals surface area contributed by atoms with E-state index in [9.17, 15) is 9.90 Å². The van der Waals surface area contributed by atoms with Gasteiger partial charge in [-0.15, -0.1) is 0 Å². The summed E-state index contributed by atoms with van der Waals surface area (Å²) in [4.78, 5) is 13.8. The van der Waals surface area contributed by atoms with Crippen LogP contribution in [0.5, 0.6) is 0 Å². The maximum absolute atomic E-state index is 11.5. The van der Waals surface area contributed by atoms with E-state index in [1.165, 1.54) is 6.42 Å². The second kappa shape index (κ2) is 4.48. The molecule has 2 unspecified atom stereocenters. The van der Waals surface area contributed by atoms with E-state index in [0.29, 0.717) is 16.9 Å². The third-order valence-electron chi connectivity index (χ3n) is 4.62. The molecule has 1 saturated heterocycles. The molecule has 1 aromatic rings. The number of aliphatic hydroxyl groups is 1. The van der Waals surface area contributed by atoms with Crippen molar-refractivity contribution in [3.63, 3.8) is 0 Å². The van der Waals surface area contributed by atoms with Gasteiger partial charge in [0.1, 0.15) is 0 Å². The fourth-order valence-electron chi connectivity index (χ4n) is 3.13. The molecule has 1 fully saturated rings. The summed E-state index contributed by atoms with van der Waals surface area (Å²) >= 11 is 0. The second-order valence-electron chi connectivity index (χ2n) is 6.96. The maximum atomic E-state index is 11.5. The monoisotopic (exact) mass is 274 g/mol. The quantitative estimate of drug-likeness (QED) is 0.827. The summed E-state index contributed by atoms with van der Waals surface area (Å²) in [5, 5.41) is 12.5. The Morgan fingerprint density at radius 2 is 2.10 bits per heavy atom. The van der Waals surface area contributed by atoms with Crippen LogP contribution in [0.25, 0.3) is 0 Å². The van der Waals surface area contributed by atoms with Crippen LogP contribution >= 0.6 is 0 Å². The first-order valence-electron chi connectivity index (χ1n) is 7.24. The van der Waals surface area contributed by atoms with E-state index >= 15 is 0 Å². The van der Waals surface area contributed by atoms with Crippen LogP contribution in [0, 0.1) is 11.3 Å². The second-order valence-corrected chi connectivity index (χ2v) is 6.96. The zero-order valence-corrected chi connectivity index (χ0v) is 12.3. The maximum Gasteiger partial charge on any atom is 0.257 e. The molecule has 0 spiro atoms. The van der Waals surface area contributed by atoms with Gasteiger partial charge in [0.25, 0.3) is 5.91 Å². The standard InChI is InChI=1S/C16H22N2O2/c1-16(2,3)10-6-7-18(9-10)11-4-5-12-13(8-11)17-15(20)14(12)19/h4-5,8,10,14,19H,6-7,9H2,1-3H3,(H,17,20). The molecule has 2 N–H and O–H groups in total. The summed E-state index contributed by atoms with van der Waals surface area (Å²) in [6.45, 7) is 8.98. The fourth-order valence-corrected chi connectivity index (χ4v) is 3.13. The molecule has 108 valence electrons. The highest BCUT2D eigenvalue weighted by Gasteiger charge is 2.33. The van der Waals surface area contributed by atoms with Crippen LogP contribution in [0.1, 0.15) is 38.9 Å². The Hall–Kier alpha value is -1.55. The minimum Gasteiger partial charge on any atom is -0.378 e. The van der Waals surface area contributed by atoms with E-state index in [1.807, 2.05) is 18.2 Å². The Balaban J connectivity index is 1.81. The number of nitrogens with one attached hydrogen (secondary N) is 1. The molecule has 0 aromatic heterocycles. The molecular weight excluding hydrogens is 252 g/mol. The highest BCUT2D eigenvalue weighted by Crippen LogP contribution is 2.38. The number of carbonyl (C=O) groups is 1. The molecule has 2 aliphatic heterocycles. The zero-order chi connectivity index (χ0) is 14.5. The van der Waals surface area contributed by atoms with E-state index in [1.54, 1.807) is 0 Å². The van der Waals surface area contributed by atoms with Crippen LogP contribution in [0.4, 0.5) is 11.4 Å². The van der Waals surface area contributed by atoms with Crippen LogP contribution < -0.4 is 10.2 Å². The Morgan fingerprint density at radius 3 is 2.75 bits per heavy atom. The zero-order valence-electron chi connectivity index (χ0n) is 12.3. The van der Waals surface area contributed by atoms with Gasteiger partial charge < -0.3 is 15.3 Å². The van der Waals surface area contributed by atoms with Crippen LogP contribution in [0.15, 0.2) is 18.2 Å². The minimum atomic E-state index is -1.01. The number of aliphatic hydroxyl groups excluding tert-OH is 1. The first-order chi connectivity index (χ1) is 9.36. The highest BCUT2D eigenvalue weighted by molar-refractivity contribution is 6.02.